The highest BCUT2D eigenvalue weighted by atomic mass is 127. The minimum atomic E-state index is -0.390. The van der Waals surface area contributed by atoms with Crippen molar-refractivity contribution >= 4 is 45.0 Å². The van der Waals surface area contributed by atoms with Gasteiger partial charge in [-0.2, -0.15) is 0 Å². The highest BCUT2D eigenvalue weighted by molar-refractivity contribution is 14.1. The molecule has 0 saturated carbocycles. The van der Waals surface area contributed by atoms with Crippen LogP contribution in [-0.2, 0) is 0 Å². The number of benzene rings is 1. The molecule has 2 rings (SSSR count). The second kappa shape index (κ2) is 3.38. The molecule has 1 aromatic heterocycles. The molecule has 0 fully saturated rings. The number of pyridine rings is 1. The predicted molar refractivity (Wildman–Crippen MR) is 59.4 cm³/mol. The zero-order valence-electron chi connectivity index (χ0n) is 6.39. The van der Waals surface area contributed by atoms with Crippen molar-refractivity contribution in [3.63, 3.8) is 0 Å². The standard InChI is InChI=1S/C9H4ClFIN/c10-9-6(11)2-1-5-3-13-4-7(12)8(5)9/h1-4H. The number of hydrogen-bond acceptors (Lipinski definition) is 1. The van der Waals surface area contributed by atoms with E-state index in [1.165, 1.54) is 6.07 Å². The van der Waals surface area contributed by atoms with Gasteiger partial charge in [0.15, 0.2) is 0 Å². The van der Waals surface area contributed by atoms with E-state index in [0.717, 1.165) is 14.3 Å². The van der Waals surface area contributed by atoms with Crippen LogP contribution in [0.1, 0.15) is 0 Å². The molecule has 13 heavy (non-hydrogen) atoms. The Morgan fingerprint density at radius 3 is 2.85 bits per heavy atom. The van der Waals surface area contributed by atoms with Crippen LogP contribution in [0.2, 0.25) is 5.02 Å². The molecule has 66 valence electrons. The summed E-state index contributed by atoms with van der Waals surface area (Å²) >= 11 is 7.91. The Morgan fingerprint density at radius 2 is 2.08 bits per heavy atom. The molecule has 1 heterocycles. The molecule has 2 aromatic rings. The highest BCUT2D eigenvalue weighted by Crippen LogP contribution is 2.29. The van der Waals surface area contributed by atoms with Crippen molar-refractivity contribution in [2.45, 2.75) is 0 Å². The van der Waals surface area contributed by atoms with E-state index in [1.54, 1.807) is 18.5 Å². The molecule has 1 nitrogen and oxygen atoms in total. The average Bonchev–Trinajstić information content (AvgIpc) is 2.12. The van der Waals surface area contributed by atoms with Crippen LogP contribution in [0.15, 0.2) is 24.5 Å². The van der Waals surface area contributed by atoms with E-state index >= 15 is 0 Å². The number of rotatable bonds is 0. The number of nitrogens with zero attached hydrogens (tertiary/aromatic N) is 1. The van der Waals surface area contributed by atoms with Gasteiger partial charge in [0.2, 0.25) is 0 Å². The summed E-state index contributed by atoms with van der Waals surface area (Å²) < 4.78 is 13.9. The molecule has 0 spiro atoms. The summed E-state index contributed by atoms with van der Waals surface area (Å²) in [7, 11) is 0. The summed E-state index contributed by atoms with van der Waals surface area (Å²) in [6.07, 6.45) is 3.33. The van der Waals surface area contributed by atoms with Crippen LogP contribution < -0.4 is 0 Å². The fourth-order valence-corrected chi connectivity index (χ4v) is 2.34. The van der Waals surface area contributed by atoms with Crippen LogP contribution in [0.25, 0.3) is 10.8 Å². The van der Waals surface area contributed by atoms with Crippen molar-refractivity contribution in [1.82, 2.24) is 4.98 Å². The Morgan fingerprint density at radius 1 is 1.31 bits per heavy atom. The van der Waals surface area contributed by atoms with Gasteiger partial charge in [0.05, 0.1) is 5.02 Å². The summed E-state index contributed by atoms with van der Waals surface area (Å²) in [6.45, 7) is 0. The van der Waals surface area contributed by atoms with Gasteiger partial charge in [-0.05, 0) is 34.7 Å². The van der Waals surface area contributed by atoms with E-state index in [9.17, 15) is 4.39 Å². The van der Waals surface area contributed by atoms with Crippen molar-refractivity contribution in [2.75, 3.05) is 0 Å². The molecule has 0 radical (unpaired) electrons. The molecule has 1 aromatic carbocycles. The van der Waals surface area contributed by atoms with Gasteiger partial charge in [-0.3, -0.25) is 4.98 Å². The van der Waals surface area contributed by atoms with Crippen molar-refractivity contribution in [3.05, 3.63) is 38.9 Å². The summed E-state index contributed by atoms with van der Waals surface area (Å²) in [6, 6.07) is 3.02. The fourth-order valence-electron chi connectivity index (χ4n) is 1.16. The first-order valence-electron chi connectivity index (χ1n) is 3.57. The Kier molecular flexibility index (Phi) is 2.38. The topological polar surface area (TPSA) is 12.9 Å². The summed E-state index contributed by atoms with van der Waals surface area (Å²) in [5.74, 6) is -0.390. The van der Waals surface area contributed by atoms with Gasteiger partial charge in [-0.25, -0.2) is 4.39 Å². The zero-order chi connectivity index (χ0) is 9.42. The second-order valence-corrected chi connectivity index (χ2v) is 4.12. The van der Waals surface area contributed by atoms with Crippen LogP contribution >= 0.6 is 34.2 Å². The van der Waals surface area contributed by atoms with Crippen molar-refractivity contribution < 1.29 is 4.39 Å². The second-order valence-electron chi connectivity index (χ2n) is 2.58. The zero-order valence-corrected chi connectivity index (χ0v) is 9.30. The maximum absolute atomic E-state index is 13.1. The molecule has 0 atom stereocenters. The molecule has 0 saturated heterocycles. The summed E-state index contributed by atoms with van der Waals surface area (Å²) in [5.41, 5.74) is 0. The Bertz CT molecular complexity index is 472. The van der Waals surface area contributed by atoms with E-state index in [0.29, 0.717) is 0 Å². The molecule has 0 N–H and O–H groups in total. The minimum Gasteiger partial charge on any atom is -0.263 e. The number of hydrogen-bond donors (Lipinski definition) is 0. The third-order valence-electron chi connectivity index (χ3n) is 1.77. The van der Waals surface area contributed by atoms with Gasteiger partial charge in [-0.1, -0.05) is 11.6 Å². The van der Waals surface area contributed by atoms with E-state index in [2.05, 4.69) is 27.6 Å². The molecule has 0 aliphatic heterocycles. The summed E-state index contributed by atoms with van der Waals surface area (Å²) in [5, 5.41) is 1.76. The quantitative estimate of drug-likeness (QED) is 0.677. The third kappa shape index (κ3) is 1.50. The van der Waals surface area contributed by atoms with Gasteiger partial charge in [0, 0.05) is 26.7 Å². The number of fused-ring (bicyclic) bond motifs is 1. The average molecular weight is 307 g/mol. The largest absolute Gasteiger partial charge is 0.263 e. The van der Waals surface area contributed by atoms with Crippen LogP contribution in [0.3, 0.4) is 0 Å². The monoisotopic (exact) mass is 307 g/mol. The summed E-state index contributed by atoms with van der Waals surface area (Å²) in [4.78, 5) is 3.99. The van der Waals surface area contributed by atoms with E-state index in [4.69, 9.17) is 11.6 Å². The molecule has 0 aliphatic rings. The lowest BCUT2D eigenvalue weighted by atomic mass is 10.2. The van der Waals surface area contributed by atoms with E-state index in [-0.39, 0.29) is 5.02 Å². The van der Waals surface area contributed by atoms with Gasteiger partial charge >= 0.3 is 0 Å². The lowest BCUT2D eigenvalue weighted by Gasteiger charge is -2.02. The minimum absolute atomic E-state index is 0.171. The highest BCUT2D eigenvalue weighted by Gasteiger charge is 2.07. The fraction of sp³-hybridized carbons (Fsp3) is 0. The van der Waals surface area contributed by atoms with Crippen molar-refractivity contribution in [2.24, 2.45) is 0 Å². The van der Waals surface area contributed by atoms with Gasteiger partial charge in [0.1, 0.15) is 5.82 Å². The smallest absolute Gasteiger partial charge is 0.142 e. The van der Waals surface area contributed by atoms with Gasteiger partial charge in [-0.15, -0.1) is 0 Å². The van der Waals surface area contributed by atoms with Crippen LogP contribution in [0, 0.1) is 9.39 Å². The molecule has 0 unspecified atom stereocenters. The normalized spacial score (nSPS) is 10.7. The maximum atomic E-state index is 13.1. The maximum Gasteiger partial charge on any atom is 0.142 e. The van der Waals surface area contributed by atoms with Crippen molar-refractivity contribution in [3.8, 4) is 0 Å². The molecular weight excluding hydrogens is 303 g/mol. The van der Waals surface area contributed by atoms with Gasteiger partial charge in [0.25, 0.3) is 0 Å². The van der Waals surface area contributed by atoms with Gasteiger partial charge < -0.3 is 0 Å². The first-order valence-corrected chi connectivity index (χ1v) is 5.03. The molecular formula is C9H4ClFIN. The Balaban J connectivity index is 2.97. The lowest BCUT2D eigenvalue weighted by molar-refractivity contribution is 0.630. The van der Waals surface area contributed by atoms with E-state index in [1.807, 2.05) is 0 Å². The van der Waals surface area contributed by atoms with Crippen molar-refractivity contribution in [1.29, 1.82) is 0 Å². The van der Waals surface area contributed by atoms with Crippen LogP contribution in [0.4, 0.5) is 4.39 Å². The third-order valence-corrected chi connectivity index (χ3v) is 2.95. The molecule has 0 amide bonds. The van der Waals surface area contributed by atoms with E-state index < -0.39 is 5.82 Å². The SMILES string of the molecule is Fc1ccc2cncc(I)c2c1Cl. The molecule has 0 aliphatic carbocycles. The molecule has 0 bridgehead atoms. The first kappa shape index (κ1) is 9.15. The lowest BCUT2D eigenvalue weighted by Crippen LogP contribution is -1.85. The molecule has 4 heteroatoms. The first-order chi connectivity index (χ1) is 6.20. The van der Waals surface area contributed by atoms with Crippen LogP contribution in [0.5, 0.6) is 0 Å². The predicted octanol–water partition coefficient (Wildman–Crippen LogP) is 3.63. The Hall–Kier alpha value is -0.420. The van der Waals surface area contributed by atoms with Crippen LogP contribution in [-0.4, -0.2) is 4.98 Å². The Labute approximate surface area is 93.1 Å². The number of halogens is 3. The number of aromatic nitrogens is 1.